The van der Waals surface area contributed by atoms with Crippen LogP contribution in [-0.4, -0.2) is 28.9 Å². The van der Waals surface area contributed by atoms with Crippen molar-refractivity contribution in [1.82, 2.24) is 9.88 Å². The number of hydrogen-bond acceptors (Lipinski definition) is 1. The number of aromatic nitrogens is 1. The van der Waals surface area contributed by atoms with Crippen LogP contribution in [0.1, 0.15) is 31.5 Å². The second-order valence-electron chi connectivity index (χ2n) is 5.58. The minimum Gasteiger partial charge on any atom is -0.358 e. The van der Waals surface area contributed by atoms with E-state index in [4.69, 9.17) is 0 Å². The normalized spacial score (nSPS) is 18.0. The van der Waals surface area contributed by atoms with Crippen molar-refractivity contribution in [3.05, 3.63) is 35.5 Å². The van der Waals surface area contributed by atoms with Crippen LogP contribution in [0.5, 0.6) is 0 Å². The van der Waals surface area contributed by atoms with Gasteiger partial charge in [0.1, 0.15) is 0 Å². The zero-order valence-electron chi connectivity index (χ0n) is 12.3. The summed E-state index contributed by atoms with van der Waals surface area (Å²) in [6.07, 6.45) is 2.84. The van der Waals surface area contributed by atoms with Gasteiger partial charge >= 0.3 is 0 Å². The molecule has 0 unspecified atom stereocenters. The number of para-hydroxylation sites is 1. The van der Waals surface area contributed by atoms with E-state index in [-0.39, 0.29) is 5.92 Å². The molecule has 1 N–H and O–H groups in total. The maximum Gasteiger partial charge on any atom is 0.226 e. The molecule has 2 aromatic rings. The van der Waals surface area contributed by atoms with E-state index in [0.29, 0.717) is 5.91 Å². The highest BCUT2D eigenvalue weighted by molar-refractivity contribution is 5.87. The lowest BCUT2D eigenvalue weighted by atomic mass is 9.85. The first-order chi connectivity index (χ1) is 9.74. The number of nitrogens with zero attached hydrogens (tertiary/aromatic N) is 1. The zero-order chi connectivity index (χ0) is 14.1. The van der Waals surface area contributed by atoms with Gasteiger partial charge in [-0.05, 0) is 44.7 Å². The van der Waals surface area contributed by atoms with Gasteiger partial charge in [-0.1, -0.05) is 18.2 Å². The summed E-state index contributed by atoms with van der Waals surface area (Å²) in [5.74, 6) is 0.479. The van der Waals surface area contributed by atoms with Crippen LogP contribution in [0.4, 0.5) is 0 Å². The molecule has 0 saturated carbocycles. The Hall–Kier alpha value is -1.77. The summed E-state index contributed by atoms with van der Waals surface area (Å²) < 4.78 is 0. The maximum atomic E-state index is 12.5. The molecule has 1 aromatic carbocycles. The van der Waals surface area contributed by atoms with Crippen LogP contribution in [0.2, 0.25) is 0 Å². The maximum absolute atomic E-state index is 12.5. The number of H-pyrrole nitrogens is 1. The van der Waals surface area contributed by atoms with Gasteiger partial charge in [0.05, 0.1) is 0 Å². The van der Waals surface area contributed by atoms with Gasteiger partial charge in [0, 0.05) is 35.6 Å². The number of rotatable bonds is 3. The number of carbonyl (C=O) groups is 1. The Morgan fingerprint density at radius 2 is 2.05 bits per heavy atom. The monoisotopic (exact) mass is 270 g/mol. The van der Waals surface area contributed by atoms with Crippen molar-refractivity contribution in [1.29, 1.82) is 0 Å². The minimum absolute atomic E-state index is 0.154. The van der Waals surface area contributed by atoms with Gasteiger partial charge in [-0.25, -0.2) is 0 Å². The number of hydrogen-bond donors (Lipinski definition) is 1. The smallest absolute Gasteiger partial charge is 0.226 e. The summed E-state index contributed by atoms with van der Waals surface area (Å²) in [4.78, 5) is 18.0. The fourth-order valence-electron chi connectivity index (χ4n) is 3.37. The van der Waals surface area contributed by atoms with Gasteiger partial charge in [0.25, 0.3) is 0 Å². The Bertz CT molecular complexity index is 625. The number of nitrogens with one attached hydrogen (secondary N) is 1. The Morgan fingerprint density at radius 1 is 1.30 bits per heavy atom. The summed E-state index contributed by atoms with van der Waals surface area (Å²) in [6.45, 7) is 5.74. The molecule has 1 amide bonds. The topological polar surface area (TPSA) is 36.1 Å². The number of fused-ring (bicyclic) bond motifs is 3. The highest BCUT2D eigenvalue weighted by atomic mass is 16.2. The van der Waals surface area contributed by atoms with Crippen LogP contribution in [0.15, 0.2) is 24.3 Å². The van der Waals surface area contributed by atoms with Gasteiger partial charge in [-0.3, -0.25) is 4.79 Å². The van der Waals surface area contributed by atoms with Gasteiger partial charge in [-0.2, -0.15) is 0 Å². The molecule has 0 spiro atoms. The van der Waals surface area contributed by atoms with Crippen molar-refractivity contribution < 1.29 is 4.79 Å². The predicted molar refractivity (Wildman–Crippen MR) is 81.7 cm³/mol. The van der Waals surface area contributed by atoms with Gasteiger partial charge < -0.3 is 9.88 Å². The van der Waals surface area contributed by atoms with Crippen molar-refractivity contribution in [2.24, 2.45) is 5.92 Å². The van der Waals surface area contributed by atoms with Crippen molar-refractivity contribution in [3.8, 4) is 0 Å². The van der Waals surface area contributed by atoms with E-state index in [1.165, 1.54) is 22.2 Å². The van der Waals surface area contributed by atoms with Gasteiger partial charge in [0.15, 0.2) is 0 Å². The number of benzene rings is 1. The Labute approximate surface area is 120 Å². The van der Waals surface area contributed by atoms with E-state index in [2.05, 4.69) is 43.1 Å². The molecule has 3 nitrogen and oxygen atoms in total. The summed E-state index contributed by atoms with van der Waals surface area (Å²) >= 11 is 0. The summed E-state index contributed by atoms with van der Waals surface area (Å²) in [7, 11) is 0. The van der Waals surface area contributed by atoms with E-state index in [9.17, 15) is 4.79 Å². The summed E-state index contributed by atoms with van der Waals surface area (Å²) in [6, 6.07) is 8.42. The molecule has 0 radical (unpaired) electrons. The first kappa shape index (κ1) is 13.2. The molecule has 1 aliphatic rings. The number of carbonyl (C=O) groups excluding carboxylic acids is 1. The summed E-state index contributed by atoms with van der Waals surface area (Å²) in [5, 5.41) is 1.29. The fourth-order valence-corrected chi connectivity index (χ4v) is 3.37. The predicted octanol–water partition coefficient (Wildman–Crippen LogP) is 3.14. The zero-order valence-corrected chi connectivity index (χ0v) is 12.3. The van der Waals surface area contributed by atoms with E-state index < -0.39 is 0 Å². The molecule has 1 aromatic heterocycles. The molecule has 0 saturated heterocycles. The van der Waals surface area contributed by atoms with Crippen molar-refractivity contribution in [3.63, 3.8) is 0 Å². The third-order valence-electron chi connectivity index (χ3n) is 4.52. The fraction of sp³-hybridized carbons (Fsp3) is 0.471. The van der Waals surface area contributed by atoms with Crippen molar-refractivity contribution in [2.75, 3.05) is 13.1 Å². The number of aryl methyl sites for hydroxylation is 1. The second-order valence-corrected chi connectivity index (χ2v) is 5.58. The van der Waals surface area contributed by atoms with Crippen molar-refractivity contribution >= 4 is 16.8 Å². The molecule has 0 fully saturated rings. The molecule has 0 bridgehead atoms. The lowest BCUT2D eigenvalue weighted by molar-refractivity contribution is -0.135. The average Bonchev–Trinajstić information content (AvgIpc) is 2.86. The first-order valence-corrected chi connectivity index (χ1v) is 7.61. The van der Waals surface area contributed by atoms with Crippen molar-refractivity contribution in [2.45, 2.75) is 33.1 Å². The van der Waals surface area contributed by atoms with Crippen LogP contribution in [0.25, 0.3) is 10.9 Å². The number of amides is 1. The largest absolute Gasteiger partial charge is 0.358 e. The molecular formula is C17H22N2O. The molecule has 106 valence electrons. The lowest BCUT2D eigenvalue weighted by Crippen LogP contribution is -2.38. The van der Waals surface area contributed by atoms with Crippen LogP contribution in [0.3, 0.4) is 0 Å². The molecule has 0 aliphatic heterocycles. The molecule has 1 atom stereocenters. The summed E-state index contributed by atoms with van der Waals surface area (Å²) in [5.41, 5.74) is 3.89. The van der Waals surface area contributed by atoms with Crippen LogP contribution in [-0.2, 0) is 17.6 Å². The quantitative estimate of drug-likeness (QED) is 0.914. The third kappa shape index (κ3) is 2.11. The Kier molecular flexibility index (Phi) is 3.51. The van der Waals surface area contributed by atoms with E-state index in [1.807, 2.05) is 4.90 Å². The van der Waals surface area contributed by atoms with Gasteiger partial charge in [-0.15, -0.1) is 0 Å². The SMILES string of the molecule is CCN(CC)C(=O)[C@H]1CCc2[nH]c3ccccc3c2C1. The molecular weight excluding hydrogens is 248 g/mol. The molecule has 1 heterocycles. The lowest BCUT2D eigenvalue weighted by Gasteiger charge is -2.27. The molecule has 3 rings (SSSR count). The highest BCUT2D eigenvalue weighted by Crippen LogP contribution is 2.32. The highest BCUT2D eigenvalue weighted by Gasteiger charge is 2.29. The Balaban J connectivity index is 1.89. The van der Waals surface area contributed by atoms with E-state index in [0.717, 1.165) is 32.4 Å². The Morgan fingerprint density at radius 3 is 2.80 bits per heavy atom. The first-order valence-electron chi connectivity index (χ1n) is 7.61. The molecule has 1 aliphatic carbocycles. The van der Waals surface area contributed by atoms with E-state index in [1.54, 1.807) is 0 Å². The minimum atomic E-state index is 0.154. The van der Waals surface area contributed by atoms with Crippen LogP contribution < -0.4 is 0 Å². The van der Waals surface area contributed by atoms with Gasteiger partial charge in [0.2, 0.25) is 5.91 Å². The standard InChI is InChI=1S/C17H22N2O/c1-3-19(4-2)17(20)12-9-10-16-14(11-12)13-7-5-6-8-15(13)18-16/h5-8,12,18H,3-4,9-11H2,1-2H3/t12-/m0/s1. The number of aromatic amines is 1. The second kappa shape index (κ2) is 5.31. The van der Waals surface area contributed by atoms with Crippen LogP contribution in [0, 0.1) is 5.92 Å². The van der Waals surface area contributed by atoms with E-state index >= 15 is 0 Å². The average molecular weight is 270 g/mol. The molecule has 3 heteroatoms. The van der Waals surface area contributed by atoms with Crippen LogP contribution >= 0.6 is 0 Å². The third-order valence-corrected chi connectivity index (χ3v) is 4.52. The molecule has 20 heavy (non-hydrogen) atoms.